The normalized spacial score (nSPS) is 12.6. The van der Waals surface area contributed by atoms with E-state index in [1.54, 1.807) is 30.0 Å². The van der Waals surface area contributed by atoms with Crippen LogP contribution in [0.25, 0.3) is 0 Å². The molecule has 0 saturated carbocycles. The summed E-state index contributed by atoms with van der Waals surface area (Å²) in [5.74, 6) is 1.12. The number of benzene rings is 2. The molecule has 0 fully saturated rings. The summed E-state index contributed by atoms with van der Waals surface area (Å²) in [7, 11) is -3.94. The summed E-state index contributed by atoms with van der Waals surface area (Å²) in [5.41, 5.74) is 0.196. The van der Waals surface area contributed by atoms with Crippen molar-refractivity contribution in [3.05, 3.63) is 51.5 Å². The minimum absolute atomic E-state index is 0.0714. The van der Waals surface area contributed by atoms with E-state index >= 15 is 0 Å². The Morgan fingerprint density at radius 2 is 1.94 bits per heavy atom. The van der Waals surface area contributed by atoms with Gasteiger partial charge in [0.1, 0.15) is 5.02 Å². The van der Waals surface area contributed by atoms with Crippen molar-refractivity contribution in [1.82, 2.24) is 4.72 Å². The predicted molar refractivity (Wildman–Crippen MR) is 118 cm³/mol. The van der Waals surface area contributed by atoms with E-state index in [9.17, 15) is 23.3 Å². The Morgan fingerprint density at radius 1 is 1.19 bits per heavy atom. The van der Waals surface area contributed by atoms with Gasteiger partial charge in [0, 0.05) is 37.3 Å². The highest BCUT2D eigenvalue weighted by Gasteiger charge is 2.21. The maximum absolute atomic E-state index is 12.4. The Hall–Kier alpha value is -2.89. The highest BCUT2D eigenvalue weighted by Crippen LogP contribution is 2.35. The van der Waals surface area contributed by atoms with E-state index in [0.717, 1.165) is 6.07 Å². The quantitative estimate of drug-likeness (QED) is 0.311. The lowest BCUT2D eigenvalue weighted by atomic mass is 10.2. The van der Waals surface area contributed by atoms with Crippen LogP contribution in [0.15, 0.2) is 41.3 Å². The summed E-state index contributed by atoms with van der Waals surface area (Å²) in [4.78, 5) is 24.0. The fraction of sp³-hybridized carbons (Fsp3) is 0.350. The van der Waals surface area contributed by atoms with Crippen LogP contribution in [0, 0.1) is 10.1 Å². The molecule has 10 nitrogen and oxygen atoms in total. The first-order valence-corrected chi connectivity index (χ1v) is 11.7. The van der Waals surface area contributed by atoms with Gasteiger partial charge in [0.05, 0.1) is 9.82 Å². The van der Waals surface area contributed by atoms with Gasteiger partial charge in [0.25, 0.3) is 5.69 Å². The summed E-state index contributed by atoms with van der Waals surface area (Å²) in [6, 6.07) is 8.56. The van der Waals surface area contributed by atoms with Crippen LogP contribution in [0.3, 0.4) is 0 Å². The van der Waals surface area contributed by atoms with E-state index in [0.29, 0.717) is 43.0 Å². The molecule has 0 atom stereocenters. The molecule has 1 aliphatic heterocycles. The standard InChI is InChI=1S/C20H22ClN3O7S/c1-2-20(25)23(14-5-8-18-19(11-14)31-13-30-18)10-4-3-9-22-32(28,29)15-6-7-16(21)17(12-15)24(26)27/h5-8,11-12,22H,2-4,9-10,13H2,1H3. The van der Waals surface area contributed by atoms with Gasteiger partial charge in [-0.1, -0.05) is 18.5 Å². The van der Waals surface area contributed by atoms with Crippen molar-refractivity contribution >= 4 is 38.9 Å². The van der Waals surface area contributed by atoms with Crippen molar-refractivity contribution in [1.29, 1.82) is 0 Å². The number of hydrogen-bond donors (Lipinski definition) is 1. The number of hydrogen-bond acceptors (Lipinski definition) is 7. The number of halogens is 1. The van der Waals surface area contributed by atoms with Crippen molar-refractivity contribution < 1.29 is 27.6 Å². The minimum atomic E-state index is -3.94. The van der Waals surface area contributed by atoms with Gasteiger partial charge in [-0.15, -0.1) is 0 Å². The van der Waals surface area contributed by atoms with Gasteiger partial charge in [-0.05, 0) is 37.1 Å². The number of carbonyl (C=O) groups excluding carboxylic acids is 1. The van der Waals surface area contributed by atoms with Crippen molar-refractivity contribution in [3.8, 4) is 11.5 Å². The molecular formula is C20H22ClN3O7S. The molecule has 2 aromatic rings. The molecule has 0 aromatic heterocycles. The van der Waals surface area contributed by atoms with E-state index in [1.165, 1.54) is 12.1 Å². The summed E-state index contributed by atoms with van der Waals surface area (Å²) in [5, 5.41) is 10.8. The Kier molecular flexibility index (Phi) is 7.54. The summed E-state index contributed by atoms with van der Waals surface area (Å²) < 4.78 is 37.9. The number of anilines is 1. The van der Waals surface area contributed by atoms with Crippen LogP contribution >= 0.6 is 11.6 Å². The number of nitrogens with one attached hydrogen (secondary N) is 1. The van der Waals surface area contributed by atoms with Crippen molar-refractivity contribution in [3.63, 3.8) is 0 Å². The number of nitro groups is 1. The van der Waals surface area contributed by atoms with Crippen molar-refractivity contribution in [2.24, 2.45) is 0 Å². The lowest BCUT2D eigenvalue weighted by molar-refractivity contribution is -0.384. The molecule has 0 unspecified atom stereocenters. The van der Waals surface area contributed by atoms with Gasteiger partial charge in [-0.3, -0.25) is 14.9 Å². The van der Waals surface area contributed by atoms with E-state index in [4.69, 9.17) is 21.1 Å². The zero-order chi connectivity index (χ0) is 23.3. The van der Waals surface area contributed by atoms with E-state index in [-0.39, 0.29) is 29.2 Å². The molecule has 0 spiro atoms. The SMILES string of the molecule is CCC(=O)N(CCCCNS(=O)(=O)c1ccc(Cl)c([N+](=O)[O-])c1)c1ccc2c(c1)OCO2. The fourth-order valence-corrected chi connectivity index (χ4v) is 4.41. The first kappa shape index (κ1) is 23.8. The van der Waals surface area contributed by atoms with Crippen LogP contribution in [0.2, 0.25) is 5.02 Å². The Bertz CT molecular complexity index is 1120. The molecule has 0 radical (unpaired) electrons. The highest BCUT2D eigenvalue weighted by atomic mass is 35.5. The van der Waals surface area contributed by atoms with Gasteiger partial charge < -0.3 is 14.4 Å². The van der Waals surface area contributed by atoms with Gasteiger partial charge in [0.15, 0.2) is 11.5 Å². The highest BCUT2D eigenvalue weighted by molar-refractivity contribution is 7.89. The molecule has 172 valence electrons. The second-order valence-corrected chi connectivity index (χ2v) is 9.09. The summed E-state index contributed by atoms with van der Waals surface area (Å²) in [6.07, 6.45) is 1.30. The van der Waals surface area contributed by atoms with Crippen molar-refractivity contribution in [2.75, 3.05) is 24.8 Å². The minimum Gasteiger partial charge on any atom is -0.454 e. The largest absolute Gasteiger partial charge is 0.454 e. The average molecular weight is 484 g/mol. The van der Waals surface area contributed by atoms with E-state index in [2.05, 4.69) is 4.72 Å². The monoisotopic (exact) mass is 483 g/mol. The molecule has 0 aliphatic carbocycles. The molecule has 0 saturated heterocycles. The smallest absolute Gasteiger partial charge is 0.289 e. The molecule has 1 N–H and O–H groups in total. The molecule has 3 rings (SSSR count). The van der Waals surface area contributed by atoms with Crippen LogP contribution in [0.1, 0.15) is 26.2 Å². The second-order valence-electron chi connectivity index (χ2n) is 6.91. The van der Waals surface area contributed by atoms with Crippen LogP contribution < -0.4 is 19.1 Å². The van der Waals surface area contributed by atoms with Crippen LogP contribution in [-0.2, 0) is 14.8 Å². The number of amides is 1. The number of unbranched alkanes of at least 4 members (excludes halogenated alkanes) is 1. The lowest BCUT2D eigenvalue weighted by Crippen LogP contribution is -2.32. The number of ether oxygens (including phenoxy) is 2. The topological polar surface area (TPSA) is 128 Å². The molecule has 0 bridgehead atoms. The molecule has 1 aliphatic rings. The van der Waals surface area contributed by atoms with Crippen LogP contribution in [-0.4, -0.2) is 39.1 Å². The first-order valence-electron chi connectivity index (χ1n) is 9.86. The average Bonchev–Trinajstić information content (AvgIpc) is 3.23. The van der Waals surface area contributed by atoms with Gasteiger partial charge >= 0.3 is 0 Å². The molecule has 1 heterocycles. The number of nitro benzene ring substituents is 1. The first-order chi connectivity index (χ1) is 15.2. The zero-order valence-electron chi connectivity index (χ0n) is 17.2. The summed E-state index contributed by atoms with van der Waals surface area (Å²) >= 11 is 5.73. The van der Waals surface area contributed by atoms with E-state index < -0.39 is 20.6 Å². The fourth-order valence-electron chi connectivity index (χ4n) is 3.13. The Labute approximate surface area is 190 Å². The number of carbonyl (C=O) groups is 1. The molecule has 32 heavy (non-hydrogen) atoms. The van der Waals surface area contributed by atoms with Crippen molar-refractivity contribution in [2.45, 2.75) is 31.1 Å². The maximum atomic E-state index is 12.4. The van der Waals surface area contributed by atoms with Gasteiger partial charge in [-0.25, -0.2) is 13.1 Å². The Balaban J connectivity index is 1.57. The third kappa shape index (κ3) is 5.47. The van der Waals surface area contributed by atoms with Crippen LogP contribution in [0.5, 0.6) is 11.5 Å². The Morgan fingerprint density at radius 3 is 2.66 bits per heavy atom. The van der Waals surface area contributed by atoms with Crippen LogP contribution in [0.4, 0.5) is 11.4 Å². The summed E-state index contributed by atoms with van der Waals surface area (Å²) in [6.45, 7) is 2.40. The number of rotatable bonds is 10. The third-order valence-electron chi connectivity index (χ3n) is 4.80. The number of nitrogens with zero attached hydrogens (tertiary/aromatic N) is 2. The predicted octanol–water partition coefficient (Wildman–Crippen LogP) is 3.48. The maximum Gasteiger partial charge on any atom is 0.289 e. The van der Waals surface area contributed by atoms with Gasteiger partial charge in [-0.2, -0.15) is 0 Å². The molecule has 12 heteroatoms. The number of fused-ring (bicyclic) bond motifs is 1. The molecule has 1 amide bonds. The molecular weight excluding hydrogens is 462 g/mol. The third-order valence-corrected chi connectivity index (χ3v) is 6.57. The molecule has 2 aromatic carbocycles. The second kappa shape index (κ2) is 10.2. The number of sulfonamides is 1. The zero-order valence-corrected chi connectivity index (χ0v) is 18.8. The van der Waals surface area contributed by atoms with Gasteiger partial charge in [0.2, 0.25) is 22.7 Å². The lowest BCUT2D eigenvalue weighted by Gasteiger charge is -2.22. The van der Waals surface area contributed by atoms with E-state index in [1.807, 2.05) is 0 Å².